The van der Waals surface area contributed by atoms with Crippen LogP contribution in [0.5, 0.6) is 0 Å². The molecule has 0 saturated heterocycles. The molecule has 0 unspecified atom stereocenters. The smallest absolute Gasteiger partial charge is 0.0951 e. The van der Waals surface area contributed by atoms with Gasteiger partial charge in [-0.3, -0.25) is 0 Å². The van der Waals surface area contributed by atoms with Crippen LogP contribution in [-0.2, 0) is 6.54 Å². The summed E-state index contributed by atoms with van der Waals surface area (Å²) in [5, 5.41) is 3.52. The summed E-state index contributed by atoms with van der Waals surface area (Å²) < 4.78 is 2.30. The Morgan fingerprint density at radius 2 is 2.11 bits per heavy atom. The minimum Gasteiger partial charge on any atom is -0.378 e. The summed E-state index contributed by atoms with van der Waals surface area (Å²) in [6.07, 6.45) is 6.49. The molecule has 1 aliphatic rings. The van der Waals surface area contributed by atoms with Crippen LogP contribution in [-0.4, -0.2) is 23.6 Å². The van der Waals surface area contributed by atoms with Crippen molar-refractivity contribution >= 4 is 11.4 Å². The molecule has 1 heterocycles. The highest BCUT2D eigenvalue weighted by atomic mass is 15.1. The SMILES string of the molecule is CN(C)c1ccccc1NCc1cncn1C1CC1. The molecule has 4 nitrogen and oxygen atoms in total. The zero-order valence-electron chi connectivity index (χ0n) is 11.5. The fourth-order valence-corrected chi connectivity index (χ4v) is 2.35. The number of aromatic nitrogens is 2. The lowest BCUT2D eigenvalue weighted by molar-refractivity contribution is 0.701. The van der Waals surface area contributed by atoms with Gasteiger partial charge in [-0.2, -0.15) is 0 Å². The van der Waals surface area contributed by atoms with Crippen molar-refractivity contribution in [2.75, 3.05) is 24.3 Å². The molecular weight excluding hydrogens is 236 g/mol. The Labute approximate surface area is 114 Å². The van der Waals surface area contributed by atoms with Crippen molar-refractivity contribution in [3.8, 4) is 0 Å². The van der Waals surface area contributed by atoms with E-state index in [9.17, 15) is 0 Å². The number of anilines is 2. The summed E-state index contributed by atoms with van der Waals surface area (Å²) in [4.78, 5) is 6.39. The van der Waals surface area contributed by atoms with Gasteiger partial charge in [-0.1, -0.05) is 12.1 Å². The fourth-order valence-electron chi connectivity index (χ4n) is 2.35. The first kappa shape index (κ1) is 12.1. The maximum absolute atomic E-state index is 4.27. The van der Waals surface area contributed by atoms with Crippen molar-refractivity contribution < 1.29 is 0 Å². The van der Waals surface area contributed by atoms with Crippen molar-refractivity contribution in [3.05, 3.63) is 42.5 Å². The van der Waals surface area contributed by atoms with Crippen LogP contribution in [0.3, 0.4) is 0 Å². The summed E-state index contributed by atoms with van der Waals surface area (Å²) >= 11 is 0. The molecule has 2 aromatic rings. The van der Waals surface area contributed by atoms with E-state index < -0.39 is 0 Å². The van der Waals surface area contributed by atoms with Crippen LogP contribution < -0.4 is 10.2 Å². The average Bonchev–Trinajstić information content (AvgIpc) is 3.15. The van der Waals surface area contributed by atoms with Gasteiger partial charge >= 0.3 is 0 Å². The molecule has 100 valence electrons. The Morgan fingerprint density at radius 3 is 2.84 bits per heavy atom. The van der Waals surface area contributed by atoms with Gasteiger partial charge in [-0.05, 0) is 25.0 Å². The van der Waals surface area contributed by atoms with Crippen LogP contribution in [0, 0.1) is 0 Å². The lowest BCUT2D eigenvalue weighted by atomic mass is 10.2. The molecule has 0 bridgehead atoms. The minimum atomic E-state index is 0.684. The zero-order valence-corrected chi connectivity index (χ0v) is 11.5. The molecule has 0 spiro atoms. The number of rotatable bonds is 5. The number of imidazole rings is 1. The Kier molecular flexibility index (Phi) is 3.15. The third-order valence-corrected chi connectivity index (χ3v) is 3.53. The Bertz CT molecular complexity index is 555. The van der Waals surface area contributed by atoms with Gasteiger partial charge in [0.15, 0.2) is 0 Å². The van der Waals surface area contributed by atoms with Crippen LogP contribution >= 0.6 is 0 Å². The molecule has 0 aliphatic heterocycles. The number of para-hydroxylation sites is 2. The van der Waals surface area contributed by atoms with E-state index >= 15 is 0 Å². The first-order valence-electron chi connectivity index (χ1n) is 6.76. The van der Waals surface area contributed by atoms with Crippen molar-refractivity contribution in [1.29, 1.82) is 0 Å². The molecule has 3 rings (SSSR count). The highest BCUT2D eigenvalue weighted by Gasteiger charge is 2.25. The summed E-state index contributed by atoms with van der Waals surface area (Å²) in [5.74, 6) is 0. The highest BCUT2D eigenvalue weighted by Crippen LogP contribution is 2.35. The molecule has 0 amide bonds. The number of benzene rings is 1. The molecule has 1 aromatic heterocycles. The molecule has 0 radical (unpaired) electrons. The topological polar surface area (TPSA) is 33.1 Å². The third-order valence-electron chi connectivity index (χ3n) is 3.53. The van der Waals surface area contributed by atoms with E-state index in [1.807, 2.05) is 12.5 Å². The lowest BCUT2D eigenvalue weighted by Crippen LogP contribution is -2.13. The van der Waals surface area contributed by atoms with Crippen molar-refractivity contribution in [1.82, 2.24) is 9.55 Å². The van der Waals surface area contributed by atoms with E-state index in [-0.39, 0.29) is 0 Å². The highest BCUT2D eigenvalue weighted by molar-refractivity contribution is 5.69. The number of nitrogens with one attached hydrogen (secondary N) is 1. The quantitative estimate of drug-likeness (QED) is 0.893. The molecule has 1 aliphatic carbocycles. The van der Waals surface area contributed by atoms with E-state index in [1.54, 1.807) is 0 Å². The van der Waals surface area contributed by atoms with E-state index in [4.69, 9.17) is 0 Å². The zero-order chi connectivity index (χ0) is 13.2. The van der Waals surface area contributed by atoms with E-state index in [1.165, 1.54) is 24.2 Å². The summed E-state index contributed by atoms with van der Waals surface area (Å²) in [6, 6.07) is 9.05. The van der Waals surface area contributed by atoms with Crippen LogP contribution in [0.1, 0.15) is 24.6 Å². The number of hydrogen-bond acceptors (Lipinski definition) is 3. The molecule has 1 saturated carbocycles. The van der Waals surface area contributed by atoms with Gasteiger partial charge in [0.05, 0.1) is 29.9 Å². The predicted molar refractivity (Wildman–Crippen MR) is 78.6 cm³/mol. The van der Waals surface area contributed by atoms with E-state index in [0.717, 1.165) is 12.2 Å². The van der Waals surface area contributed by atoms with Gasteiger partial charge in [0.25, 0.3) is 0 Å². The molecule has 0 atom stereocenters. The van der Waals surface area contributed by atoms with Gasteiger partial charge in [-0.15, -0.1) is 0 Å². The minimum absolute atomic E-state index is 0.684. The van der Waals surface area contributed by atoms with Gasteiger partial charge < -0.3 is 14.8 Å². The summed E-state index contributed by atoms with van der Waals surface area (Å²) in [6.45, 7) is 0.821. The lowest BCUT2D eigenvalue weighted by Gasteiger charge is -2.18. The molecule has 4 heteroatoms. The normalized spacial score (nSPS) is 14.4. The fraction of sp³-hybridized carbons (Fsp3) is 0.400. The molecule has 19 heavy (non-hydrogen) atoms. The summed E-state index contributed by atoms with van der Waals surface area (Å²) in [5.41, 5.74) is 3.63. The van der Waals surface area contributed by atoms with Crippen LogP contribution in [0.2, 0.25) is 0 Å². The van der Waals surface area contributed by atoms with Crippen LogP contribution in [0.15, 0.2) is 36.8 Å². The van der Waals surface area contributed by atoms with E-state index in [0.29, 0.717) is 6.04 Å². The maximum Gasteiger partial charge on any atom is 0.0951 e. The number of nitrogens with zero attached hydrogens (tertiary/aromatic N) is 3. The Hall–Kier alpha value is -1.97. The number of hydrogen-bond donors (Lipinski definition) is 1. The maximum atomic E-state index is 4.27. The molecule has 1 aromatic carbocycles. The second kappa shape index (κ2) is 4.96. The molecule has 1 fully saturated rings. The predicted octanol–water partition coefficient (Wildman–Crippen LogP) is 2.90. The van der Waals surface area contributed by atoms with Crippen molar-refractivity contribution in [2.45, 2.75) is 25.4 Å². The first-order chi connectivity index (χ1) is 9.25. The standard InChI is InChI=1S/C15H20N4/c1-18(2)15-6-4-3-5-14(15)17-10-13-9-16-11-19(13)12-7-8-12/h3-6,9,11-12,17H,7-8,10H2,1-2H3. The second-order valence-electron chi connectivity index (χ2n) is 5.29. The molecule has 1 N–H and O–H groups in total. The van der Waals surface area contributed by atoms with Gasteiger partial charge in [-0.25, -0.2) is 4.98 Å². The van der Waals surface area contributed by atoms with Gasteiger partial charge in [0.2, 0.25) is 0 Å². The van der Waals surface area contributed by atoms with Crippen LogP contribution in [0.25, 0.3) is 0 Å². The van der Waals surface area contributed by atoms with Crippen molar-refractivity contribution in [3.63, 3.8) is 0 Å². The molecular formula is C15H20N4. The third kappa shape index (κ3) is 2.57. The monoisotopic (exact) mass is 256 g/mol. The average molecular weight is 256 g/mol. The van der Waals surface area contributed by atoms with Gasteiger partial charge in [0, 0.05) is 26.3 Å². The van der Waals surface area contributed by atoms with E-state index in [2.05, 4.69) is 58.1 Å². The second-order valence-corrected chi connectivity index (χ2v) is 5.29. The Morgan fingerprint density at radius 1 is 1.32 bits per heavy atom. The van der Waals surface area contributed by atoms with Crippen molar-refractivity contribution in [2.24, 2.45) is 0 Å². The Balaban J connectivity index is 1.73. The van der Waals surface area contributed by atoms with Crippen LogP contribution in [0.4, 0.5) is 11.4 Å². The largest absolute Gasteiger partial charge is 0.378 e. The van der Waals surface area contributed by atoms with Gasteiger partial charge in [0.1, 0.15) is 0 Å². The first-order valence-corrected chi connectivity index (χ1v) is 6.76. The summed E-state index contributed by atoms with van der Waals surface area (Å²) in [7, 11) is 4.13.